The number of anilines is 1. The molecule has 1 aromatic rings. The van der Waals surface area contributed by atoms with Crippen molar-refractivity contribution < 1.29 is 13.2 Å². The summed E-state index contributed by atoms with van der Waals surface area (Å²) in [6.07, 6.45) is 2.38. The Morgan fingerprint density at radius 1 is 1.20 bits per heavy atom. The Bertz CT molecular complexity index is 507. The van der Waals surface area contributed by atoms with Crippen LogP contribution in [-0.4, -0.2) is 24.7 Å². The highest BCUT2D eigenvalue weighted by Gasteiger charge is 2.45. The second-order valence-electron chi connectivity index (χ2n) is 6.27. The SMILES string of the molecule is CC1CNC(C)(C2CC2)CN1c1cc(F)c(F)c(F)c1. The molecule has 0 radical (unpaired) electrons. The number of nitrogens with one attached hydrogen (secondary N) is 1. The van der Waals surface area contributed by atoms with E-state index in [2.05, 4.69) is 12.2 Å². The Morgan fingerprint density at radius 3 is 2.35 bits per heavy atom. The van der Waals surface area contributed by atoms with Crippen molar-refractivity contribution in [3.8, 4) is 0 Å². The number of halogens is 3. The van der Waals surface area contributed by atoms with Crippen LogP contribution < -0.4 is 10.2 Å². The monoisotopic (exact) mass is 284 g/mol. The van der Waals surface area contributed by atoms with E-state index < -0.39 is 17.5 Å². The third-order valence-corrected chi connectivity index (χ3v) is 4.61. The smallest absolute Gasteiger partial charge is 0.194 e. The third-order valence-electron chi connectivity index (χ3n) is 4.61. The van der Waals surface area contributed by atoms with E-state index in [0.717, 1.165) is 18.7 Å². The summed E-state index contributed by atoms with van der Waals surface area (Å²) in [5.41, 5.74) is 0.385. The Hall–Kier alpha value is -1.23. The van der Waals surface area contributed by atoms with E-state index in [-0.39, 0.29) is 11.6 Å². The van der Waals surface area contributed by atoms with Gasteiger partial charge in [-0.25, -0.2) is 13.2 Å². The molecule has 0 bridgehead atoms. The van der Waals surface area contributed by atoms with Gasteiger partial charge >= 0.3 is 0 Å². The first-order valence-electron chi connectivity index (χ1n) is 7.07. The maximum atomic E-state index is 13.4. The molecule has 0 spiro atoms. The molecule has 2 fully saturated rings. The quantitative estimate of drug-likeness (QED) is 0.840. The van der Waals surface area contributed by atoms with E-state index in [1.165, 1.54) is 12.8 Å². The molecule has 3 rings (SSSR count). The van der Waals surface area contributed by atoms with Crippen LogP contribution in [-0.2, 0) is 0 Å². The van der Waals surface area contributed by atoms with Crippen LogP contribution in [0.4, 0.5) is 18.9 Å². The highest BCUT2D eigenvalue weighted by Crippen LogP contribution is 2.42. The van der Waals surface area contributed by atoms with Crippen LogP contribution >= 0.6 is 0 Å². The van der Waals surface area contributed by atoms with Gasteiger partial charge in [-0.15, -0.1) is 0 Å². The summed E-state index contributed by atoms with van der Waals surface area (Å²) in [4.78, 5) is 1.97. The highest BCUT2D eigenvalue weighted by molar-refractivity contribution is 5.49. The maximum absolute atomic E-state index is 13.4. The Balaban J connectivity index is 1.91. The topological polar surface area (TPSA) is 15.3 Å². The number of rotatable bonds is 2. The number of piperazine rings is 1. The van der Waals surface area contributed by atoms with Gasteiger partial charge in [0.05, 0.1) is 0 Å². The number of nitrogens with zero attached hydrogens (tertiary/aromatic N) is 1. The molecule has 1 saturated heterocycles. The fourth-order valence-electron chi connectivity index (χ4n) is 3.10. The van der Waals surface area contributed by atoms with Crippen LogP contribution in [0.15, 0.2) is 12.1 Å². The molecule has 1 aromatic carbocycles. The minimum atomic E-state index is -1.40. The van der Waals surface area contributed by atoms with Crippen molar-refractivity contribution in [2.24, 2.45) is 5.92 Å². The normalized spacial score (nSPS) is 30.6. The number of hydrogen-bond donors (Lipinski definition) is 1. The standard InChI is InChI=1S/C15H19F3N2/c1-9-7-19-15(2,10-3-4-10)8-20(9)11-5-12(16)14(18)13(17)6-11/h5-6,9-10,19H,3-4,7-8H2,1-2H3. The van der Waals surface area contributed by atoms with Crippen LogP contribution in [0.25, 0.3) is 0 Å². The molecule has 2 unspecified atom stereocenters. The molecule has 2 aliphatic rings. The van der Waals surface area contributed by atoms with E-state index in [0.29, 0.717) is 18.2 Å². The average Bonchev–Trinajstić information content (AvgIpc) is 3.23. The fraction of sp³-hybridized carbons (Fsp3) is 0.600. The molecule has 5 heteroatoms. The van der Waals surface area contributed by atoms with Gasteiger partial charge in [-0.2, -0.15) is 0 Å². The largest absolute Gasteiger partial charge is 0.366 e. The van der Waals surface area contributed by atoms with Gasteiger partial charge in [0.1, 0.15) is 0 Å². The first-order valence-corrected chi connectivity index (χ1v) is 7.07. The lowest BCUT2D eigenvalue weighted by atomic mass is 9.91. The Labute approximate surface area is 117 Å². The molecule has 2 nitrogen and oxygen atoms in total. The van der Waals surface area contributed by atoms with Gasteiger partial charge in [0.2, 0.25) is 0 Å². The number of benzene rings is 1. The van der Waals surface area contributed by atoms with Crippen molar-refractivity contribution in [1.82, 2.24) is 5.32 Å². The lowest BCUT2D eigenvalue weighted by Crippen LogP contribution is -2.63. The zero-order valence-electron chi connectivity index (χ0n) is 11.7. The predicted molar refractivity (Wildman–Crippen MR) is 72.3 cm³/mol. The van der Waals surface area contributed by atoms with Crippen molar-refractivity contribution in [2.45, 2.75) is 38.3 Å². The zero-order valence-corrected chi connectivity index (χ0v) is 11.7. The summed E-state index contributed by atoms with van der Waals surface area (Å²) in [5.74, 6) is -3.04. The van der Waals surface area contributed by atoms with Crippen LogP contribution in [0, 0.1) is 23.4 Å². The van der Waals surface area contributed by atoms with Gasteiger partial charge in [-0.1, -0.05) is 0 Å². The summed E-state index contributed by atoms with van der Waals surface area (Å²) in [7, 11) is 0. The minimum Gasteiger partial charge on any atom is -0.366 e. The zero-order chi connectivity index (χ0) is 14.5. The van der Waals surface area contributed by atoms with E-state index >= 15 is 0 Å². The van der Waals surface area contributed by atoms with Gasteiger partial charge in [0.15, 0.2) is 17.5 Å². The molecule has 1 aliphatic heterocycles. The lowest BCUT2D eigenvalue weighted by molar-refractivity contribution is 0.260. The van der Waals surface area contributed by atoms with E-state index in [1.807, 2.05) is 11.8 Å². The van der Waals surface area contributed by atoms with Crippen molar-refractivity contribution in [2.75, 3.05) is 18.0 Å². The average molecular weight is 284 g/mol. The fourth-order valence-corrected chi connectivity index (χ4v) is 3.10. The predicted octanol–water partition coefficient (Wildman–Crippen LogP) is 3.07. The molecule has 0 amide bonds. The van der Waals surface area contributed by atoms with Crippen molar-refractivity contribution >= 4 is 5.69 Å². The molecule has 0 aromatic heterocycles. The molecule has 1 aliphatic carbocycles. The summed E-state index contributed by atoms with van der Waals surface area (Å²) in [6, 6.07) is 2.30. The summed E-state index contributed by atoms with van der Waals surface area (Å²) >= 11 is 0. The van der Waals surface area contributed by atoms with Gasteiger partial charge in [-0.3, -0.25) is 0 Å². The summed E-state index contributed by atoms with van der Waals surface area (Å²) in [5, 5.41) is 3.54. The molecular formula is C15H19F3N2. The first-order chi connectivity index (χ1) is 9.40. The second kappa shape index (κ2) is 4.65. The van der Waals surface area contributed by atoms with Crippen molar-refractivity contribution in [1.29, 1.82) is 0 Å². The molecule has 1 heterocycles. The van der Waals surface area contributed by atoms with Gasteiger partial charge in [0.25, 0.3) is 0 Å². The van der Waals surface area contributed by atoms with Crippen LogP contribution in [0.5, 0.6) is 0 Å². The van der Waals surface area contributed by atoms with E-state index in [9.17, 15) is 13.2 Å². The van der Waals surface area contributed by atoms with Crippen molar-refractivity contribution in [3.05, 3.63) is 29.6 Å². The molecule has 110 valence electrons. The van der Waals surface area contributed by atoms with Crippen LogP contribution in [0.3, 0.4) is 0 Å². The van der Waals surface area contributed by atoms with E-state index in [1.54, 1.807) is 0 Å². The van der Waals surface area contributed by atoms with Crippen LogP contribution in [0.1, 0.15) is 26.7 Å². The molecular weight excluding hydrogens is 265 g/mol. The van der Waals surface area contributed by atoms with Gasteiger partial charge < -0.3 is 10.2 Å². The van der Waals surface area contributed by atoms with Gasteiger partial charge in [-0.05, 0) is 32.6 Å². The van der Waals surface area contributed by atoms with Gasteiger partial charge in [0, 0.05) is 42.5 Å². The third kappa shape index (κ3) is 2.28. The first kappa shape index (κ1) is 13.7. The lowest BCUT2D eigenvalue weighted by Gasteiger charge is -2.46. The second-order valence-corrected chi connectivity index (χ2v) is 6.27. The van der Waals surface area contributed by atoms with E-state index in [4.69, 9.17) is 0 Å². The molecule has 2 atom stereocenters. The maximum Gasteiger partial charge on any atom is 0.194 e. The Kier molecular flexibility index (Phi) is 3.20. The molecule has 1 N–H and O–H groups in total. The highest BCUT2D eigenvalue weighted by atomic mass is 19.2. The minimum absolute atomic E-state index is 0.0339. The summed E-state index contributed by atoms with van der Waals surface area (Å²) in [6.45, 7) is 5.59. The number of hydrogen-bond acceptors (Lipinski definition) is 2. The molecule has 20 heavy (non-hydrogen) atoms. The molecule has 1 saturated carbocycles. The van der Waals surface area contributed by atoms with Crippen LogP contribution in [0.2, 0.25) is 0 Å². The summed E-state index contributed by atoms with van der Waals surface area (Å²) < 4.78 is 39.9. The Morgan fingerprint density at radius 2 is 1.80 bits per heavy atom. The van der Waals surface area contributed by atoms with Crippen molar-refractivity contribution in [3.63, 3.8) is 0 Å².